The highest BCUT2D eigenvalue weighted by molar-refractivity contribution is 5.40. The van der Waals surface area contributed by atoms with Crippen molar-refractivity contribution in [3.05, 3.63) is 34.9 Å². The number of rotatable bonds is 4. The van der Waals surface area contributed by atoms with Gasteiger partial charge in [0.15, 0.2) is 0 Å². The molecule has 0 saturated heterocycles. The first-order valence-electron chi connectivity index (χ1n) is 6.06. The molecule has 2 nitrogen and oxygen atoms in total. The fraction of sp³-hybridized carbons (Fsp3) is 0.571. The highest BCUT2D eigenvalue weighted by Crippen LogP contribution is 2.37. The van der Waals surface area contributed by atoms with Gasteiger partial charge < -0.3 is 9.84 Å². The maximum atomic E-state index is 10.6. The minimum atomic E-state index is -0.753. The molecular formula is C14H20O2. The molecule has 1 aliphatic carbocycles. The molecule has 0 spiro atoms. The third-order valence-corrected chi connectivity index (χ3v) is 3.26. The highest BCUT2D eigenvalue weighted by Gasteiger charge is 2.36. The van der Waals surface area contributed by atoms with Crippen molar-refractivity contribution in [1.82, 2.24) is 0 Å². The molecule has 1 N–H and O–H groups in total. The number of ether oxygens (including phenoxy) is 1. The van der Waals surface area contributed by atoms with Gasteiger partial charge in [0, 0.05) is 6.61 Å². The summed E-state index contributed by atoms with van der Waals surface area (Å²) < 4.78 is 5.52. The second-order valence-electron chi connectivity index (χ2n) is 4.74. The Morgan fingerprint density at radius 2 is 2.25 bits per heavy atom. The van der Waals surface area contributed by atoms with Crippen LogP contribution < -0.4 is 0 Å². The monoisotopic (exact) mass is 220 g/mol. The minimum Gasteiger partial charge on any atom is -0.383 e. The molecule has 1 unspecified atom stereocenters. The quantitative estimate of drug-likeness (QED) is 0.790. The van der Waals surface area contributed by atoms with Gasteiger partial charge in [0.2, 0.25) is 0 Å². The van der Waals surface area contributed by atoms with E-state index in [4.69, 9.17) is 4.74 Å². The van der Waals surface area contributed by atoms with Gasteiger partial charge in [-0.15, -0.1) is 0 Å². The van der Waals surface area contributed by atoms with Crippen LogP contribution in [0.1, 0.15) is 36.5 Å². The zero-order valence-electron chi connectivity index (χ0n) is 10.1. The molecule has 0 aromatic heterocycles. The summed E-state index contributed by atoms with van der Waals surface area (Å²) >= 11 is 0. The lowest BCUT2D eigenvalue weighted by Gasteiger charge is -2.24. The van der Waals surface area contributed by atoms with E-state index in [9.17, 15) is 5.11 Å². The zero-order chi connectivity index (χ0) is 11.6. The average Bonchev–Trinajstić information content (AvgIpc) is 2.58. The molecule has 88 valence electrons. The van der Waals surface area contributed by atoms with Gasteiger partial charge in [-0.2, -0.15) is 0 Å². The standard InChI is InChI=1S/C14H20O2/c1-3-8-16-10-14(15)7-6-12-5-4-11(2)9-13(12)14/h4-5,9,15H,3,6-8,10H2,1-2H3. The number of aryl methyl sites for hydroxylation is 2. The number of fused-ring (bicyclic) bond motifs is 1. The van der Waals surface area contributed by atoms with E-state index in [0.29, 0.717) is 6.61 Å². The van der Waals surface area contributed by atoms with E-state index in [1.807, 2.05) is 0 Å². The van der Waals surface area contributed by atoms with Gasteiger partial charge in [0.1, 0.15) is 5.60 Å². The maximum absolute atomic E-state index is 10.6. The summed E-state index contributed by atoms with van der Waals surface area (Å²) in [5.41, 5.74) is 2.79. The molecule has 1 aromatic carbocycles. The predicted molar refractivity (Wildman–Crippen MR) is 64.5 cm³/mol. The van der Waals surface area contributed by atoms with Crippen LogP contribution in [0.5, 0.6) is 0 Å². The Balaban J connectivity index is 2.17. The topological polar surface area (TPSA) is 29.5 Å². The lowest BCUT2D eigenvalue weighted by molar-refractivity contribution is -0.0493. The van der Waals surface area contributed by atoms with E-state index >= 15 is 0 Å². The molecule has 0 saturated carbocycles. The fourth-order valence-corrected chi connectivity index (χ4v) is 2.35. The molecule has 1 aromatic rings. The zero-order valence-corrected chi connectivity index (χ0v) is 10.1. The van der Waals surface area contributed by atoms with Crippen LogP contribution in [0.25, 0.3) is 0 Å². The molecule has 0 heterocycles. The van der Waals surface area contributed by atoms with Crippen LogP contribution in [-0.2, 0) is 16.8 Å². The van der Waals surface area contributed by atoms with E-state index in [0.717, 1.165) is 31.4 Å². The number of aliphatic hydroxyl groups is 1. The van der Waals surface area contributed by atoms with E-state index in [1.54, 1.807) is 0 Å². The van der Waals surface area contributed by atoms with Crippen molar-refractivity contribution in [2.45, 2.75) is 38.7 Å². The Bertz CT molecular complexity index is 373. The lowest BCUT2D eigenvalue weighted by Crippen LogP contribution is -2.29. The summed E-state index contributed by atoms with van der Waals surface area (Å²) in [7, 11) is 0. The summed E-state index contributed by atoms with van der Waals surface area (Å²) in [5.74, 6) is 0. The number of benzene rings is 1. The summed E-state index contributed by atoms with van der Waals surface area (Å²) in [6, 6.07) is 6.33. The van der Waals surface area contributed by atoms with Gasteiger partial charge in [0.25, 0.3) is 0 Å². The SMILES string of the molecule is CCCOCC1(O)CCc2ccc(C)cc21. The second kappa shape index (κ2) is 4.56. The van der Waals surface area contributed by atoms with Crippen LogP contribution in [0.2, 0.25) is 0 Å². The van der Waals surface area contributed by atoms with Crippen LogP contribution >= 0.6 is 0 Å². The van der Waals surface area contributed by atoms with E-state index in [2.05, 4.69) is 32.0 Å². The predicted octanol–water partition coefficient (Wildman–Crippen LogP) is 2.56. The number of hydrogen-bond donors (Lipinski definition) is 1. The minimum absolute atomic E-state index is 0.428. The Kier molecular flexibility index (Phi) is 3.31. The molecular weight excluding hydrogens is 200 g/mol. The summed E-state index contributed by atoms with van der Waals surface area (Å²) in [6.07, 6.45) is 2.74. The van der Waals surface area contributed by atoms with E-state index < -0.39 is 5.60 Å². The second-order valence-corrected chi connectivity index (χ2v) is 4.74. The van der Waals surface area contributed by atoms with Gasteiger partial charge in [-0.1, -0.05) is 30.7 Å². The normalized spacial score (nSPS) is 23.4. The van der Waals surface area contributed by atoms with Crippen LogP contribution in [0, 0.1) is 6.92 Å². The van der Waals surface area contributed by atoms with Crippen LogP contribution in [-0.4, -0.2) is 18.3 Å². The van der Waals surface area contributed by atoms with Gasteiger partial charge in [0.05, 0.1) is 6.61 Å². The van der Waals surface area contributed by atoms with Crippen molar-refractivity contribution in [2.75, 3.05) is 13.2 Å². The molecule has 0 amide bonds. The van der Waals surface area contributed by atoms with E-state index in [1.165, 1.54) is 11.1 Å². The molecule has 0 aliphatic heterocycles. The molecule has 0 bridgehead atoms. The van der Waals surface area contributed by atoms with Crippen molar-refractivity contribution in [3.8, 4) is 0 Å². The largest absolute Gasteiger partial charge is 0.383 e. The van der Waals surface area contributed by atoms with Gasteiger partial charge in [-0.25, -0.2) is 0 Å². The average molecular weight is 220 g/mol. The van der Waals surface area contributed by atoms with E-state index in [-0.39, 0.29) is 0 Å². The third-order valence-electron chi connectivity index (χ3n) is 3.26. The van der Waals surface area contributed by atoms with Crippen molar-refractivity contribution in [1.29, 1.82) is 0 Å². The molecule has 0 radical (unpaired) electrons. The summed E-state index contributed by atoms with van der Waals surface area (Å²) in [6.45, 7) is 5.30. The lowest BCUT2D eigenvalue weighted by atomic mass is 9.95. The molecule has 2 heteroatoms. The molecule has 16 heavy (non-hydrogen) atoms. The first kappa shape index (κ1) is 11.6. The van der Waals surface area contributed by atoms with Gasteiger partial charge in [-0.05, 0) is 37.3 Å². The smallest absolute Gasteiger partial charge is 0.113 e. The van der Waals surface area contributed by atoms with Crippen molar-refractivity contribution >= 4 is 0 Å². The first-order valence-corrected chi connectivity index (χ1v) is 6.06. The maximum Gasteiger partial charge on any atom is 0.113 e. The van der Waals surface area contributed by atoms with Gasteiger partial charge >= 0.3 is 0 Å². The molecule has 0 fully saturated rings. The fourth-order valence-electron chi connectivity index (χ4n) is 2.35. The Hall–Kier alpha value is -0.860. The van der Waals surface area contributed by atoms with Gasteiger partial charge in [-0.3, -0.25) is 0 Å². The molecule has 1 aliphatic rings. The Morgan fingerprint density at radius 3 is 3.00 bits per heavy atom. The molecule has 1 atom stereocenters. The summed E-state index contributed by atoms with van der Waals surface area (Å²) in [5, 5.41) is 10.6. The van der Waals surface area contributed by atoms with Crippen LogP contribution in [0.3, 0.4) is 0 Å². The van der Waals surface area contributed by atoms with Crippen LogP contribution in [0.15, 0.2) is 18.2 Å². The summed E-state index contributed by atoms with van der Waals surface area (Å²) in [4.78, 5) is 0. The molecule has 2 rings (SSSR count). The first-order chi connectivity index (χ1) is 7.65. The van der Waals surface area contributed by atoms with Crippen LogP contribution in [0.4, 0.5) is 0 Å². The highest BCUT2D eigenvalue weighted by atomic mass is 16.5. The number of hydrogen-bond acceptors (Lipinski definition) is 2. The Labute approximate surface area is 97.3 Å². The van der Waals surface area contributed by atoms with Crippen molar-refractivity contribution < 1.29 is 9.84 Å². The van der Waals surface area contributed by atoms with Crippen molar-refractivity contribution in [2.24, 2.45) is 0 Å². The van der Waals surface area contributed by atoms with Crippen molar-refractivity contribution in [3.63, 3.8) is 0 Å². The third kappa shape index (κ3) is 2.13. The Morgan fingerprint density at radius 1 is 1.44 bits per heavy atom.